The lowest BCUT2D eigenvalue weighted by molar-refractivity contribution is 0.102. The molecule has 0 heterocycles. The molecule has 2 rings (SSSR count). The van der Waals surface area contributed by atoms with Crippen molar-refractivity contribution in [2.24, 2.45) is 0 Å². The molecule has 0 aliphatic carbocycles. The van der Waals surface area contributed by atoms with E-state index in [0.717, 1.165) is 0 Å². The van der Waals surface area contributed by atoms with Crippen molar-refractivity contribution in [2.75, 3.05) is 11.1 Å². The third-order valence-electron chi connectivity index (χ3n) is 2.53. The summed E-state index contributed by atoms with van der Waals surface area (Å²) >= 11 is 17.3. The molecule has 0 aliphatic heterocycles. The summed E-state index contributed by atoms with van der Waals surface area (Å²) in [5, 5.41) is 12.5. The summed E-state index contributed by atoms with van der Waals surface area (Å²) in [5.74, 6) is -0.672. The van der Waals surface area contributed by atoms with Gasteiger partial charge in [0.15, 0.2) is 5.75 Å². The quantitative estimate of drug-likeness (QED) is 0.570. The number of nitrogens with one attached hydrogen (secondary N) is 1. The molecule has 0 spiro atoms. The summed E-state index contributed by atoms with van der Waals surface area (Å²) in [4.78, 5) is 12.1. The maximum absolute atomic E-state index is 12.1. The molecule has 0 aliphatic rings. The number of carbonyl (C=O) groups is 1. The number of benzene rings is 2. The molecule has 4 N–H and O–H groups in total. The molecule has 0 fully saturated rings. The van der Waals surface area contributed by atoms with Crippen LogP contribution in [0.3, 0.4) is 0 Å². The van der Waals surface area contributed by atoms with Gasteiger partial charge in [-0.3, -0.25) is 4.79 Å². The van der Waals surface area contributed by atoms with Gasteiger partial charge in [0.2, 0.25) is 0 Å². The lowest BCUT2D eigenvalue weighted by Crippen LogP contribution is -2.14. The summed E-state index contributed by atoms with van der Waals surface area (Å²) in [6.07, 6.45) is 0. The van der Waals surface area contributed by atoms with Gasteiger partial charge in [0.05, 0.1) is 15.6 Å². The van der Waals surface area contributed by atoms with E-state index in [4.69, 9.17) is 40.5 Å². The van der Waals surface area contributed by atoms with Gasteiger partial charge < -0.3 is 16.2 Å². The van der Waals surface area contributed by atoms with Gasteiger partial charge in [0, 0.05) is 16.4 Å². The number of phenolic OH excluding ortho intramolecular Hbond substituents is 1. The Balaban J connectivity index is 2.28. The van der Waals surface area contributed by atoms with Crippen molar-refractivity contribution >= 4 is 52.1 Å². The lowest BCUT2D eigenvalue weighted by atomic mass is 10.1. The Kier molecular flexibility index (Phi) is 4.28. The van der Waals surface area contributed by atoms with Crippen LogP contribution in [-0.4, -0.2) is 11.0 Å². The first kappa shape index (κ1) is 14.8. The predicted molar refractivity (Wildman–Crippen MR) is 81.9 cm³/mol. The number of halogens is 3. The van der Waals surface area contributed by atoms with Crippen LogP contribution < -0.4 is 11.1 Å². The molecular weight excluding hydrogens is 323 g/mol. The van der Waals surface area contributed by atoms with Gasteiger partial charge in [-0.15, -0.1) is 0 Å². The average Bonchev–Trinajstić information content (AvgIpc) is 2.35. The second-order valence-corrected chi connectivity index (χ2v) is 5.23. The number of aromatic hydroxyl groups is 1. The topological polar surface area (TPSA) is 75.4 Å². The molecule has 20 heavy (non-hydrogen) atoms. The zero-order chi connectivity index (χ0) is 14.9. The third-order valence-corrected chi connectivity index (χ3v) is 3.34. The van der Waals surface area contributed by atoms with Crippen LogP contribution in [0.25, 0.3) is 0 Å². The Hall–Kier alpha value is -1.62. The molecular formula is C13H9Cl3N2O2. The normalized spacial score (nSPS) is 10.3. The monoisotopic (exact) mass is 330 g/mol. The van der Waals surface area contributed by atoms with Crippen LogP contribution in [0.15, 0.2) is 30.3 Å². The van der Waals surface area contributed by atoms with Crippen molar-refractivity contribution in [1.29, 1.82) is 0 Å². The zero-order valence-electron chi connectivity index (χ0n) is 9.95. The highest BCUT2D eigenvalue weighted by Crippen LogP contribution is 2.34. The minimum atomic E-state index is -0.433. The van der Waals surface area contributed by atoms with E-state index in [9.17, 15) is 9.90 Å². The van der Waals surface area contributed by atoms with E-state index in [2.05, 4.69) is 5.32 Å². The molecule has 0 unspecified atom stereocenters. The molecule has 0 radical (unpaired) electrons. The van der Waals surface area contributed by atoms with Gasteiger partial charge in [0.1, 0.15) is 0 Å². The number of rotatable bonds is 2. The Morgan fingerprint density at radius 1 is 1.10 bits per heavy atom. The maximum Gasteiger partial charge on any atom is 0.257 e. The van der Waals surface area contributed by atoms with Gasteiger partial charge in [0.25, 0.3) is 5.91 Å². The number of hydrogen-bond acceptors (Lipinski definition) is 3. The number of nitrogens with two attached hydrogens (primary N) is 1. The summed E-state index contributed by atoms with van der Waals surface area (Å²) in [7, 11) is 0. The standard InChI is InChI=1S/C13H9Cl3N2O2/c14-6-1-2-8(11(17)3-6)13(20)18-7-4-9(15)12(19)10(16)5-7/h1-5,19H,17H2,(H,18,20). The maximum atomic E-state index is 12.1. The van der Waals surface area contributed by atoms with Crippen molar-refractivity contribution in [1.82, 2.24) is 0 Å². The van der Waals surface area contributed by atoms with Gasteiger partial charge >= 0.3 is 0 Å². The van der Waals surface area contributed by atoms with Gasteiger partial charge in [-0.2, -0.15) is 0 Å². The van der Waals surface area contributed by atoms with E-state index in [1.807, 2.05) is 0 Å². The number of hydrogen-bond donors (Lipinski definition) is 3. The molecule has 2 aromatic rings. The van der Waals surface area contributed by atoms with Gasteiger partial charge in [-0.1, -0.05) is 34.8 Å². The fourth-order valence-electron chi connectivity index (χ4n) is 1.58. The minimum Gasteiger partial charge on any atom is -0.505 e. The number of nitrogen functional groups attached to an aromatic ring is 1. The average molecular weight is 332 g/mol. The molecule has 0 bridgehead atoms. The molecule has 7 heteroatoms. The summed E-state index contributed by atoms with van der Waals surface area (Å²) in [6.45, 7) is 0. The summed E-state index contributed by atoms with van der Waals surface area (Å²) in [6, 6.07) is 7.31. The van der Waals surface area contributed by atoms with Crippen molar-refractivity contribution < 1.29 is 9.90 Å². The van der Waals surface area contributed by atoms with Crippen molar-refractivity contribution in [3.63, 3.8) is 0 Å². The van der Waals surface area contributed by atoms with Crippen LogP contribution in [0, 0.1) is 0 Å². The van der Waals surface area contributed by atoms with Gasteiger partial charge in [-0.25, -0.2) is 0 Å². The fourth-order valence-corrected chi connectivity index (χ4v) is 2.24. The molecule has 0 aromatic heterocycles. The smallest absolute Gasteiger partial charge is 0.257 e. The first-order valence-electron chi connectivity index (χ1n) is 5.43. The Morgan fingerprint density at radius 2 is 1.70 bits per heavy atom. The Morgan fingerprint density at radius 3 is 2.25 bits per heavy atom. The number of carbonyl (C=O) groups excluding carboxylic acids is 1. The molecule has 0 saturated carbocycles. The zero-order valence-corrected chi connectivity index (χ0v) is 12.2. The number of phenols is 1. The molecule has 0 saturated heterocycles. The van der Waals surface area contributed by atoms with E-state index >= 15 is 0 Å². The van der Waals surface area contributed by atoms with E-state index in [1.54, 1.807) is 6.07 Å². The molecule has 0 atom stereocenters. The van der Waals surface area contributed by atoms with E-state index in [1.165, 1.54) is 24.3 Å². The Labute approximate surface area is 130 Å². The number of anilines is 2. The molecule has 4 nitrogen and oxygen atoms in total. The van der Waals surface area contributed by atoms with Crippen LogP contribution in [0.2, 0.25) is 15.1 Å². The van der Waals surface area contributed by atoms with Crippen LogP contribution >= 0.6 is 34.8 Å². The SMILES string of the molecule is Nc1cc(Cl)ccc1C(=O)Nc1cc(Cl)c(O)c(Cl)c1. The molecule has 104 valence electrons. The highest BCUT2D eigenvalue weighted by molar-refractivity contribution is 6.37. The van der Waals surface area contributed by atoms with Crippen LogP contribution in [-0.2, 0) is 0 Å². The third kappa shape index (κ3) is 3.10. The van der Waals surface area contributed by atoms with E-state index < -0.39 is 5.91 Å². The van der Waals surface area contributed by atoms with Crippen LogP contribution in [0.1, 0.15) is 10.4 Å². The Bertz CT molecular complexity index is 666. The summed E-state index contributed by atoms with van der Waals surface area (Å²) in [5.41, 5.74) is 6.60. The van der Waals surface area contributed by atoms with Crippen molar-refractivity contribution in [2.45, 2.75) is 0 Å². The first-order chi connectivity index (χ1) is 9.38. The highest BCUT2D eigenvalue weighted by Gasteiger charge is 2.13. The largest absolute Gasteiger partial charge is 0.505 e. The van der Waals surface area contributed by atoms with Crippen LogP contribution in [0.5, 0.6) is 5.75 Å². The van der Waals surface area contributed by atoms with Crippen molar-refractivity contribution in [3.05, 3.63) is 51.0 Å². The second-order valence-electron chi connectivity index (χ2n) is 3.97. The highest BCUT2D eigenvalue weighted by atomic mass is 35.5. The predicted octanol–water partition coefficient (Wildman–Crippen LogP) is 4.19. The molecule has 2 aromatic carbocycles. The number of amides is 1. The fraction of sp³-hybridized carbons (Fsp3) is 0. The van der Waals surface area contributed by atoms with E-state index in [-0.39, 0.29) is 27.0 Å². The summed E-state index contributed by atoms with van der Waals surface area (Å²) < 4.78 is 0. The van der Waals surface area contributed by atoms with E-state index in [0.29, 0.717) is 10.7 Å². The van der Waals surface area contributed by atoms with Crippen molar-refractivity contribution in [3.8, 4) is 5.75 Å². The second kappa shape index (κ2) is 5.79. The lowest BCUT2D eigenvalue weighted by Gasteiger charge is -2.09. The minimum absolute atomic E-state index is 0.0388. The first-order valence-corrected chi connectivity index (χ1v) is 6.56. The molecule has 1 amide bonds. The van der Waals surface area contributed by atoms with Crippen LogP contribution in [0.4, 0.5) is 11.4 Å². The van der Waals surface area contributed by atoms with Gasteiger partial charge in [-0.05, 0) is 30.3 Å².